The van der Waals surface area contributed by atoms with Crippen molar-refractivity contribution in [2.45, 2.75) is 0 Å². The number of thiophene rings is 1. The highest BCUT2D eigenvalue weighted by molar-refractivity contribution is 14.1. The standard InChI is InChI=1S/C19H11I4NO4S/c1-28-16-14(22)10(6-11(21)15(16)23)18(25)24-12-7-29-17(13(12)19(26)27)8-3-2-4-9(20)5-8/h2-7H,1H3,(H,24,25)(H,26,27). The molecular weight excluding hydrogens is 846 g/mol. The van der Waals surface area contributed by atoms with Crippen LogP contribution in [0.2, 0.25) is 0 Å². The first kappa shape index (κ1) is 23.5. The number of rotatable bonds is 5. The summed E-state index contributed by atoms with van der Waals surface area (Å²) in [6.07, 6.45) is 0. The number of carboxylic acids is 1. The van der Waals surface area contributed by atoms with Crippen molar-refractivity contribution in [1.29, 1.82) is 0 Å². The second-order valence-electron chi connectivity index (χ2n) is 5.69. The second kappa shape index (κ2) is 9.95. The van der Waals surface area contributed by atoms with Crippen LogP contribution in [-0.2, 0) is 0 Å². The molecule has 0 spiro atoms. The van der Waals surface area contributed by atoms with E-state index < -0.39 is 5.97 Å². The van der Waals surface area contributed by atoms with E-state index in [1.165, 1.54) is 11.3 Å². The van der Waals surface area contributed by atoms with Crippen molar-refractivity contribution in [2.75, 3.05) is 12.4 Å². The van der Waals surface area contributed by atoms with Crippen molar-refractivity contribution in [1.82, 2.24) is 0 Å². The van der Waals surface area contributed by atoms with Crippen molar-refractivity contribution in [3.8, 4) is 16.2 Å². The van der Waals surface area contributed by atoms with E-state index in [9.17, 15) is 14.7 Å². The van der Waals surface area contributed by atoms with Gasteiger partial charge in [0.25, 0.3) is 5.91 Å². The lowest BCUT2D eigenvalue weighted by atomic mass is 10.1. The van der Waals surface area contributed by atoms with Crippen LogP contribution in [0.3, 0.4) is 0 Å². The van der Waals surface area contributed by atoms with Crippen LogP contribution in [-0.4, -0.2) is 24.1 Å². The highest BCUT2D eigenvalue weighted by Crippen LogP contribution is 2.38. The topological polar surface area (TPSA) is 75.6 Å². The summed E-state index contributed by atoms with van der Waals surface area (Å²) in [5.41, 5.74) is 1.61. The Labute approximate surface area is 225 Å². The lowest BCUT2D eigenvalue weighted by Crippen LogP contribution is -2.16. The van der Waals surface area contributed by atoms with E-state index in [0.29, 0.717) is 19.8 Å². The van der Waals surface area contributed by atoms with Gasteiger partial charge in [0.05, 0.1) is 30.4 Å². The van der Waals surface area contributed by atoms with Gasteiger partial charge in [-0.3, -0.25) is 4.79 Å². The molecule has 0 aliphatic heterocycles. The summed E-state index contributed by atoms with van der Waals surface area (Å²) in [7, 11) is 1.56. The van der Waals surface area contributed by atoms with Gasteiger partial charge in [-0.15, -0.1) is 11.3 Å². The maximum atomic E-state index is 13.0. The van der Waals surface area contributed by atoms with Gasteiger partial charge in [-0.25, -0.2) is 4.79 Å². The van der Waals surface area contributed by atoms with E-state index in [-0.39, 0.29) is 17.2 Å². The van der Waals surface area contributed by atoms with Crippen molar-refractivity contribution in [2.24, 2.45) is 0 Å². The zero-order chi connectivity index (χ0) is 21.3. The van der Waals surface area contributed by atoms with Gasteiger partial charge in [-0.05, 0) is 114 Å². The van der Waals surface area contributed by atoms with E-state index in [2.05, 4.69) is 95.7 Å². The van der Waals surface area contributed by atoms with Crippen molar-refractivity contribution < 1.29 is 19.4 Å². The van der Waals surface area contributed by atoms with Gasteiger partial charge in [-0.2, -0.15) is 0 Å². The average molecular weight is 857 g/mol. The number of methoxy groups -OCH3 is 1. The Morgan fingerprint density at radius 2 is 1.83 bits per heavy atom. The van der Waals surface area contributed by atoms with Gasteiger partial charge in [0.1, 0.15) is 11.3 Å². The second-order valence-corrected chi connectivity index (χ2v) is 11.1. The SMILES string of the molecule is COc1c(I)c(I)cc(C(=O)Nc2csc(-c3cccc(I)c3)c2C(=O)O)c1I. The molecule has 10 heteroatoms. The zero-order valence-electron chi connectivity index (χ0n) is 14.6. The zero-order valence-corrected chi connectivity index (χ0v) is 24.0. The number of hydrogen-bond donors (Lipinski definition) is 2. The molecular formula is C19H11I4NO4S. The molecule has 0 fully saturated rings. The Balaban J connectivity index is 2.03. The van der Waals surface area contributed by atoms with E-state index in [1.807, 2.05) is 24.3 Å². The van der Waals surface area contributed by atoms with Crippen molar-refractivity contribution in [3.63, 3.8) is 0 Å². The lowest BCUT2D eigenvalue weighted by Gasteiger charge is -2.13. The molecule has 1 aromatic heterocycles. The van der Waals surface area contributed by atoms with Crippen LogP contribution in [0.5, 0.6) is 5.75 Å². The highest BCUT2D eigenvalue weighted by Gasteiger charge is 2.24. The number of aromatic carboxylic acids is 1. The largest absolute Gasteiger partial charge is 0.494 e. The lowest BCUT2D eigenvalue weighted by molar-refractivity contribution is 0.0699. The molecule has 150 valence electrons. The van der Waals surface area contributed by atoms with E-state index in [1.54, 1.807) is 18.6 Å². The first-order chi connectivity index (χ1) is 13.7. The number of halogens is 4. The molecule has 1 amide bonds. The molecule has 29 heavy (non-hydrogen) atoms. The fourth-order valence-corrected chi connectivity index (χ4v) is 6.76. The minimum Gasteiger partial charge on any atom is -0.494 e. The van der Waals surface area contributed by atoms with Crippen LogP contribution in [0.25, 0.3) is 10.4 Å². The Morgan fingerprint density at radius 1 is 1.10 bits per heavy atom. The molecule has 3 aromatic rings. The van der Waals surface area contributed by atoms with Gasteiger partial charge >= 0.3 is 5.97 Å². The molecule has 0 saturated carbocycles. The van der Waals surface area contributed by atoms with E-state index in [4.69, 9.17) is 4.74 Å². The van der Waals surface area contributed by atoms with Crippen LogP contribution < -0.4 is 10.1 Å². The summed E-state index contributed by atoms with van der Waals surface area (Å²) >= 11 is 9.87. The number of amides is 1. The molecule has 2 aromatic carbocycles. The van der Waals surface area contributed by atoms with Crippen molar-refractivity contribution >= 4 is 119 Å². The Hall–Kier alpha value is -0.200. The summed E-state index contributed by atoms with van der Waals surface area (Å²) in [5.74, 6) is -0.831. The normalized spacial score (nSPS) is 10.7. The molecule has 0 aliphatic rings. The van der Waals surface area contributed by atoms with Gasteiger partial charge in [0, 0.05) is 12.5 Å². The number of carboxylic acid groups (broad SMARTS) is 1. The molecule has 5 nitrogen and oxygen atoms in total. The van der Waals surface area contributed by atoms with Crippen LogP contribution >= 0.6 is 102 Å². The molecule has 0 atom stereocenters. The Kier molecular flexibility index (Phi) is 8.05. The molecule has 0 aliphatic carbocycles. The molecule has 0 unspecified atom stereocenters. The fourth-order valence-electron chi connectivity index (χ4n) is 2.62. The Morgan fingerprint density at radius 3 is 2.45 bits per heavy atom. The van der Waals surface area contributed by atoms with Gasteiger partial charge in [0.2, 0.25) is 0 Å². The number of nitrogens with one attached hydrogen (secondary N) is 1. The number of carbonyl (C=O) groups is 2. The summed E-state index contributed by atoms with van der Waals surface area (Å²) < 4.78 is 8.93. The first-order valence-corrected chi connectivity index (χ1v) is 13.1. The molecule has 3 rings (SSSR count). The minimum absolute atomic E-state index is 0.0903. The van der Waals surface area contributed by atoms with Gasteiger partial charge < -0.3 is 15.2 Å². The summed E-state index contributed by atoms with van der Waals surface area (Å²) in [6.45, 7) is 0. The summed E-state index contributed by atoms with van der Waals surface area (Å²) in [6, 6.07) is 9.37. The van der Waals surface area contributed by atoms with E-state index >= 15 is 0 Å². The Bertz CT molecular complexity index is 1130. The maximum absolute atomic E-state index is 13.0. The quantitative estimate of drug-likeness (QED) is 0.219. The van der Waals surface area contributed by atoms with Gasteiger partial charge in [0.15, 0.2) is 0 Å². The third-order valence-electron chi connectivity index (χ3n) is 3.90. The first-order valence-electron chi connectivity index (χ1n) is 7.88. The molecule has 0 saturated heterocycles. The number of ether oxygens (including phenoxy) is 1. The maximum Gasteiger partial charge on any atom is 0.339 e. The third-order valence-corrected chi connectivity index (χ3v) is 9.63. The molecule has 2 N–H and O–H groups in total. The predicted octanol–water partition coefficient (Wildman–Crippen LogP) is 6.79. The van der Waals surface area contributed by atoms with Gasteiger partial charge in [-0.1, -0.05) is 12.1 Å². The monoisotopic (exact) mass is 857 g/mol. The van der Waals surface area contributed by atoms with Crippen molar-refractivity contribution in [3.05, 3.63) is 61.1 Å². The minimum atomic E-state index is -1.08. The smallest absolute Gasteiger partial charge is 0.339 e. The third kappa shape index (κ3) is 5.01. The fraction of sp³-hybridized carbons (Fsp3) is 0.0526. The summed E-state index contributed by atoms with van der Waals surface area (Å²) in [4.78, 5) is 25.6. The average Bonchev–Trinajstić information content (AvgIpc) is 3.09. The summed E-state index contributed by atoms with van der Waals surface area (Å²) in [5, 5.41) is 14.2. The number of hydrogen-bond acceptors (Lipinski definition) is 4. The van der Waals surface area contributed by atoms with Crippen LogP contribution in [0.15, 0.2) is 35.7 Å². The van der Waals surface area contributed by atoms with Crippen LogP contribution in [0.1, 0.15) is 20.7 Å². The van der Waals surface area contributed by atoms with Crippen LogP contribution in [0, 0.1) is 14.3 Å². The number of carbonyl (C=O) groups excluding carboxylic acids is 1. The highest BCUT2D eigenvalue weighted by atomic mass is 127. The molecule has 1 heterocycles. The molecule has 0 bridgehead atoms. The number of benzene rings is 2. The number of anilines is 1. The van der Waals surface area contributed by atoms with E-state index in [0.717, 1.165) is 16.3 Å². The molecule has 0 radical (unpaired) electrons. The predicted molar refractivity (Wildman–Crippen MR) is 149 cm³/mol. The van der Waals surface area contributed by atoms with Crippen LogP contribution in [0.4, 0.5) is 5.69 Å².